The minimum atomic E-state index is -1.00. The van der Waals surface area contributed by atoms with Crippen molar-refractivity contribution in [3.8, 4) is 0 Å². The van der Waals surface area contributed by atoms with Crippen LogP contribution < -0.4 is 5.32 Å². The average Bonchev–Trinajstić information content (AvgIpc) is 2.74. The maximum absolute atomic E-state index is 12.0. The Morgan fingerprint density at radius 3 is 2.59 bits per heavy atom. The van der Waals surface area contributed by atoms with E-state index in [1.807, 2.05) is 11.8 Å². The number of nitrogens with one attached hydrogen (secondary N) is 1. The number of amides is 2. The largest absolute Gasteiger partial charge is 0.480 e. The maximum atomic E-state index is 12.0. The second-order valence-corrected chi connectivity index (χ2v) is 5.95. The third-order valence-electron chi connectivity index (χ3n) is 3.74. The van der Waals surface area contributed by atoms with E-state index in [0.717, 1.165) is 24.3 Å². The monoisotopic (exact) mass is 258 g/mol. The second-order valence-electron chi connectivity index (χ2n) is 4.80. The third kappa shape index (κ3) is 2.36. The lowest BCUT2D eigenvalue weighted by atomic mass is 9.77. The van der Waals surface area contributed by atoms with Crippen molar-refractivity contribution in [2.24, 2.45) is 0 Å². The van der Waals surface area contributed by atoms with Crippen LogP contribution in [0.25, 0.3) is 0 Å². The molecular formula is C11H18N2O3S. The van der Waals surface area contributed by atoms with Crippen LogP contribution in [0.2, 0.25) is 0 Å². The van der Waals surface area contributed by atoms with Gasteiger partial charge in [-0.3, -0.25) is 0 Å². The fourth-order valence-corrected chi connectivity index (χ4v) is 3.48. The van der Waals surface area contributed by atoms with Crippen molar-refractivity contribution in [1.29, 1.82) is 0 Å². The van der Waals surface area contributed by atoms with Gasteiger partial charge < -0.3 is 15.3 Å². The van der Waals surface area contributed by atoms with Gasteiger partial charge in [0.1, 0.15) is 5.54 Å². The van der Waals surface area contributed by atoms with Gasteiger partial charge in [-0.15, -0.1) is 0 Å². The fourth-order valence-electron chi connectivity index (χ4n) is 2.21. The van der Waals surface area contributed by atoms with E-state index in [9.17, 15) is 9.59 Å². The molecule has 2 aliphatic rings. The molecule has 0 aromatic carbocycles. The smallest absolute Gasteiger partial charge is 0.329 e. The van der Waals surface area contributed by atoms with Gasteiger partial charge in [-0.05, 0) is 31.4 Å². The van der Waals surface area contributed by atoms with Crippen LogP contribution in [0.4, 0.5) is 4.79 Å². The van der Waals surface area contributed by atoms with Crippen LogP contribution in [-0.4, -0.2) is 52.1 Å². The topological polar surface area (TPSA) is 69.6 Å². The summed E-state index contributed by atoms with van der Waals surface area (Å²) < 4.78 is 0. The molecule has 1 saturated heterocycles. The van der Waals surface area contributed by atoms with Crippen LogP contribution in [0.5, 0.6) is 0 Å². The van der Waals surface area contributed by atoms with Crippen LogP contribution in [0.1, 0.15) is 25.7 Å². The van der Waals surface area contributed by atoms with Crippen molar-refractivity contribution in [3.05, 3.63) is 0 Å². The minimum Gasteiger partial charge on any atom is -0.480 e. The number of hydrogen-bond donors (Lipinski definition) is 2. The number of carbonyl (C=O) groups excluding carboxylic acids is 1. The van der Waals surface area contributed by atoms with Crippen molar-refractivity contribution in [3.63, 3.8) is 0 Å². The number of carbonyl (C=O) groups is 2. The molecule has 96 valence electrons. The molecule has 1 aliphatic carbocycles. The molecule has 1 heterocycles. The van der Waals surface area contributed by atoms with Gasteiger partial charge in [0.25, 0.3) is 0 Å². The number of carboxylic acids is 1. The molecule has 0 radical (unpaired) electrons. The molecule has 2 rings (SSSR count). The summed E-state index contributed by atoms with van der Waals surface area (Å²) in [7, 11) is 1.75. The predicted molar refractivity (Wildman–Crippen MR) is 66.2 cm³/mol. The zero-order valence-electron chi connectivity index (χ0n) is 9.94. The van der Waals surface area contributed by atoms with Crippen LogP contribution >= 0.6 is 11.8 Å². The number of nitrogens with zero attached hydrogens (tertiary/aromatic N) is 1. The zero-order chi connectivity index (χ0) is 12.5. The van der Waals surface area contributed by atoms with Gasteiger partial charge in [-0.1, -0.05) is 0 Å². The van der Waals surface area contributed by atoms with Gasteiger partial charge >= 0.3 is 12.0 Å². The molecule has 1 unspecified atom stereocenters. The molecule has 6 heteroatoms. The van der Waals surface area contributed by atoms with E-state index in [-0.39, 0.29) is 12.1 Å². The predicted octanol–water partition coefficient (Wildman–Crippen LogP) is 1.14. The van der Waals surface area contributed by atoms with Crippen molar-refractivity contribution >= 4 is 23.8 Å². The number of thioether (sulfide) groups is 1. The lowest BCUT2D eigenvalue weighted by molar-refractivity contribution is -0.148. The summed E-state index contributed by atoms with van der Waals surface area (Å²) in [6.07, 6.45) is 2.95. The standard InChI is InChI=1S/C11H18N2O3S/c1-13(8-3-6-17-7-8)10(16)12-11(9(14)15)4-2-5-11/h8H,2-7H2,1H3,(H,12,16)(H,14,15). The van der Waals surface area contributed by atoms with Gasteiger partial charge in [0.05, 0.1) is 0 Å². The van der Waals surface area contributed by atoms with Crippen molar-refractivity contribution in [2.75, 3.05) is 18.6 Å². The Balaban J connectivity index is 1.93. The van der Waals surface area contributed by atoms with E-state index < -0.39 is 11.5 Å². The summed E-state index contributed by atoms with van der Waals surface area (Å²) in [6.45, 7) is 0. The Bertz CT molecular complexity index is 325. The summed E-state index contributed by atoms with van der Waals surface area (Å²) in [5.41, 5.74) is -1.00. The van der Waals surface area contributed by atoms with Gasteiger partial charge in [-0.25, -0.2) is 9.59 Å². The molecule has 2 N–H and O–H groups in total. The first-order chi connectivity index (χ1) is 8.05. The molecule has 2 amide bonds. The van der Waals surface area contributed by atoms with E-state index in [2.05, 4.69) is 5.32 Å². The van der Waals surface area contributed by atoms with Crippen molar-refractivity contribution in [1.82, 2.24) is 10.2 Å². The zero-order valence-corrected chi connectivity index (χ0v) is 10.8. The number of rotatable bonds is 3. The van der Waals surface area contributed by atoms with Crippen LogP contribution in [0.3, 0.4) is 0 Å². The lowest BCUT2D eigenvalue weighted by Crippen LogP contribution is -2.62. The molecule has 2 fully saturated rings. The van der Waals surface area contributed by atoms with Crippen molar-refractivity contribution in [2.45, 2.75) is 37.3 Å². The summed E-state index contributed by atoms with van der Waals surface area (Å²) in [5, 5.41) is 11.8. The van der Waals surface area contributed by atoms with Gasteiger partial charge in [0.2, 0.25) is 0 Å². The second kappa shape index (κ2) is 4.76. The molecule has 0 bridgehead atoms. The van der Waals surface area contributed by atoms with Crippen molar-refractivity contribution < 1.29 is 14.7 Å². The van der Waals surface area contributed by atoms with Gasteiger partial charge in [-0.2, -0.15) is 11.8 Å². The van der Waals surface area contributed by atoms with E-state index >= 15 is 0 Å². The molecule has 1 atom stereocenters. The first kappa shape index (κ1) is 12.5. The van der Waals surface area contributed by atoms with E-state index in [1.54, 1.807) is 11.9 Å². The molecule has 0 spiro atoms. The molecule has 1 saturated carbocycles. The highest BCUT2D eigenvalue weighted by Crippen LogP contribution is 2.32. The van der Waals surface area contributed by atoms with Gasteiger partial charge in [0.15, 0.2) is 0 Å². The Morgan fingerprint density at radius 1 is 1.47 bits per heavy atom. The highest BCUT2D eigenvalue weighted by atomic mass is 32.2. The first-order valence-electron chi connectivity index (χ1n) is 5.91. The molecule has 1 aliphatic heterocycles. The highest BCUT2D eigenvalue weighted by molar-refractivity contribution is 7.99. The summed E-state index contributed by atoms with van der Waals surface area (Å²) in [4.78, 5) is 24.8. The lowest BCUT2D eigenvalue weighted by Gasteiger charge is -2.40. The number of urea groups is 1. The first-order valence-corrected chi connectivity index (χ1v) is 7.07. The third-order valence-corrected chi connectivity index (χ3v) is 4.88. The molecule has 5 nitrogen and oxygen atoms in total. The SMILES string of the molecule is CN(C(=O)NC1(C(=O)O)CCC1)C1CCSC1. The molecule has 0 aromatic heterocycles. The van der Waals surface area contributed by atoms with Crippen LogP contribution in [0, 0.1) is 0 Å². The van der Waals surface area contributed by atoms with E-state index in [1.165, 1.54) is 0 Å². The Morgan fingerprint density at radius 2 is 2.18 bits per heavy atom. The van der Waals surface area contributed by atoms with Crippen LogP contribution in [0.15, 0.2) is 0 Å². The van der Waals surface area contributed by atoms with E-state index in [4.69, 9.17) is 5.11 Å². The fraction of sp³-hybridized carbons (Fsp3) is 0.818. The Kier molecular flexibility index (Phi) is 3.51. The summed E-state index contributed by atoms with van der Waals surface area (Å²) in [6, 6.07) is -0.00878. The van der Waals surface area contributed by atoms with E-state index in [0.29, 0.717) is 12.8 Å². The average molecular weight is 258 g/mol. The quantitative estimate of drug-likeness (QED) is 0.796. The van der Waals surface area contributed by atoms with Crippen LogP contribution in [-0.2, 0) is 4.79 Å². The Labute approximate surface area is 105 Å². The molecule has 0 aromatic rings. The summed E-state index contributed by atoms with van der Waals surface area (Å²) >= 11 is 1.83. The minimum absolute atomic E-state index is 0.242. The number of hydrogen-bond acceptors (Lipinski definition) is 3. The number of carboxylic acid groups (broad SMARTS) is 1. The summed E-state index contributed by atoms with van der Waals surface area (Å²) in [5.74, 6) is 1.11. The molecular weight excluding hydrogens is 240 g/mol. The Hall–Kier alpha value is -0.910. The maximum Gasteiger partial charge on any atom is 0.329 e. The number of aliphatic carboxylic acids is 1. The normalized spacial score (nSPS) is 26.1. The van der Waals surface area contributed by atoms with Gasteiger partial charge in [0, 0.05) is 18.8 Å². The molecule has 17 heavy (non-hydrogen) atoms. The highest BCUT2D eigenvalue weighted by Gasteiger charge is 2.46.